The average molecular weight is 334 g/mol. The molecule has 1 aromatic rings. The highest BCUT2D eigenvalue weighted by atomic mass is 16.6. The molecule has 1 aromatic carbocycles. The molecule has 1 unspecified atom stereocenters. The minimum Gasteiger partial charge on any atom is -0.443 e. The van der Waals surface area contributed by atoms with Gasteiger partial charge in [-0.05, 0) is 38.5 Å². The van der Waals surface area contributed by atoms with Crippen molar-refractivity contribution in [1.29, 1.82) is 0 Å². The fourth-order valence-corrected chi connectivity index (χ4v) is 2.25. The summed E-state index contributed by atoms with van der Waals surface area (Å²) in [7, 11) is 0. The van der Waals surface area contributed by atoms with Crippen LogP contribution in [0.1, 0.15) is 32.4 Å². The van der Waals surface area contributed by atoms with Gasteiger partial charge in [-0.1, -0.05) is 6.08 Å². The number of carbonyl (C=O) groups is 2. The van der Waals surface area contributed by atoms with E-state index in [0.717, 1.165) is 4.90 Å². The highest BCUT2D eigenvalue weighted by Gasteiger charge is 2.39. The lowest BCUT2D eigenvalue weighted by atomic mass is 10.0. The number of imide groups is 1. The summed E-state index contributed by atoms with van der Waals surface area (Å²) in [4.78, 5) is 35.1. The largest absolute Gasteiger partial charge is 0.443 e. The molecule has 0 spiro atoms. The van der Waals surface area contributed by atoms with Crippen molar-refractivity contribution in [2.24, 2.45) is 0 Å². The van der Waals surface area contributed by atoms with E-state index in [1.54, 1.807) is 20.8 Å². The number of aliphatic hydroxyl groups excluding tert-OH is 1. The normalized spacial score (nSPS) is 18.6. The van der Waals surface area contributed by atoms with Gasteiger partial charge in [-0.3, -0.25) is 14.9 Å². The smallest absolute Gasteiger partial charge is 0.417 e. The Labute approximate surface area is 138 Å². The maximum absolute atomic E-state index is 12.2. The number of ether oxygens (including phenoxy) is 1. The Balaban J connectivity index is 2.22. The Morgan fingerprint density at radius 2 is 1.92 bits per heavy atom. The summed E-state index contributed by atoms with van der Waals surface area (Å²) >= 11 is 0. The monoisotopic (exact) mass is 334 g/mol. The molecular formula is C16H18N2O6. The molecule has 2 amide bonds. The van der Waals surface area contributed by atoms with Crippen LogP contribution in [0.3, 0.4) is 0 Å². The molecule has 0 bridgehead atoms. The first-order valence-corrected chi connectivity index (χ1v) is 7.27. The number of nitro benzene ring substituents is 1. The Hall–Kier alpha value is -2.74. The van der Waals surface area contributed by atoms with Crippen LogP contribution in [-0.4, -0.2) is 38.6 Å². The van der Waals surface area contributed by atoms with Crippen LogP contribution in [0.25, 0.3) is 0 Å². The number of nitro groups is 1. The lowest BCUT2D eigenvalue weighted by Crippen LogP contribution is -2.45. The summed E-state index contributed by atoms with van der Waals surface area (Å²) in [5.41, 5.74) is -0.561. The zero-order chi connectivity index (χ0) is 18.1. The van der Waals surface area contributed by atoms with Gasteiger partial charge in [-0.2, -0.15) is 0 Å². The molecule has 2 atom stereocenters. The molecule has 2 rings (SSSR count). The lowest BCUT2D eigenvalue weighted by molar-refractivity contribution is -0.384. The number of nitrogens with zero attached hydrogens (tertiary/aromatic N) is 2. The standard InChI is InChI=1S/C16H18N2O6/c1-16(2,3)24-15(21)17-12(8-9-13(17)19)14(20)10-4-6-11(7-5-10)18(22)23/h4-9,12,14,20H,1-3H3/t12-,14?/m0/s1. The van der Waals surface area contributed by atoms with Gasteiger partial charge in [0.05, 0.1) is 11.0 Å². The van der Waals surface area contributed by atoms with Gasteiger partial charge in [0.2, 0.25) is 0 Å². The maximum atomic E-state index is 12.2. The zero-order valence-corrected chi connectivity index (χ0v) is 13.5. The van der Waals surface area contributed by atoms with Crippen molar-refractivity contribution in [1.82, 2.24) is 4.90 Å². The number of carbonyl (C=O) groups excluding carboxylic acids is 2. The molecule has 1 aliphatic heterocycles. The number of rotatable bonds is 3. The van der Waals surface area contributed by atoms with Crippen molar-refractivity contribution in [3.05, 3.63) is 52.1 Å². The summed E-state index contributed by atoms with van der Waals surface area (Å²) in [5, 5.41) is 21.1. The van der Waals surface area contributed by atoms with Crippen LogP contribution in [0, 0.1) is 10.1 Å². The lowest BCUT2D eigenvalue weighted by Gasteiger charge is -2.29. The number of amides is 2. The van der Waals surface area contributed by atoms with Crippen LogP contribution in [0.2, 0.25) is 0 Å². The van der Waals surface area contributed by atoms with Gasteiger partial charge in [0, 0.05) is 18.2 Å². The first-order chi connectivity index (χ1) is 11.1. The van der Waals surface area contributed by atoms with E-state index in [4.69, 9.17) is 4.74 Å². The van der Waals surface area contributed by atoms with Gasteiger partial charge >= 0.3 is 6.09 Å². The summed E-state index contributed by atoms with van der Waals surface area (Å²) in [6.07, 6.45) is 0.506. The van der Waals surface area contributed by atoms with Gasteiger partial charge in [-0.15, -0.1) is 0 Å². The molecule has 0 aromatic heterocycles. The summed E-state index contributed by atoms with van der Waals surface area (Å²) in [6.45, 7) is 5.00. The number of aliphatic hydroxyl groups is 1. The molecule has 0 saturated carbocycles. The van der Waals surface area contributed by atoms with Gasteiger partial charge in [0.15, 0.2) is 0 Å². The van der Waals surface area contributed by atoms with Gasteiger partial charge < -0.3 is 9.84 Å². The van der Waals surface area contributed by atoms with E-state index < -0.39 is 34.7 Å². The van der Waals surface area contributed by atoms with E-state index >= 15 is 0 Å². The van der Waals surface area contributed by atoms with Crippen molar-refractivity contribution in [3.63, 3.8) is 0 Å². The maximum Gasteiger partial charge on any atom is 0.417 e. The predicted octanol–water partition coefficient (Wildman–Crippen LogP) is 2.33. The number of non-ortho nitro benzene ring substituents is 1. The van der Waals surface area contributed by atoms with E-state index in [9.17, 15) is 24.8 Å². The third-order valence-electron chi connectivity index (χ3n) is 3.33. The minimum absolute atomic E-state index is 0.118. The highest BCUT2D eigenvalue weighted by molar-refractivity contribution is 6.01. The molecule has 128 valence electrons. The topological polar surface area (TPSA) is 110 Å². The fraction of sp³-hybridized carbons (Fsp3) is 0.375. The van der Waals surface area contributed by atoms with Crippen molar-refractivity contribution < 1.29 is 24.4 Å². The second-order valence-electron chi connectivity index (χ2n) is 6.33. The number of hydrogen-bond acceptors (Lipinski definition) is 6. The SMILES string of the molecule is CC(C)(C)OC(=O)N1C(=O)C=C[C@H]1C(O)c1ccc([N+](=O)[O-])cc1. The van der Waals surface area contributed by atoms with E-state index in [1.165, 1.54) is 36.4 Å². The third kappa shape index (κ3) is 3.77. The minimum atomic E-state index is -1.22. The Kier molecular flexibility index (Phi) is 4.70. The van der Waals surface area contributed by atoms with Crippen LogP contribution in [-0.2, 0) is 9.53 Å². The molecule has 1 heterocycles. The second-order valence-corrected chi connectivity index (χ2v) is 6.33. The second kappa shape index (κ2) is 6.40. The van der Waals surface area contributed by atoms with Crippen LogP contribution >= 0.6 is 0 Å². The summed E-state index contributed by atoms with van der Waals surface area (Å²) in [6, 6.07) is 4.32. The Bertz CT molecular complexity index is 690. The Morgan fingerprint density at radius 3 is 2.42 bits per heavy atom. The molecular weight excluding hydrogens is 316 g/mol. The third-order valence-corrected chi connectivity index (χ3v) is 3.33. The van der Waals surface area contributed by atoms with Crippen molar-refractivity contribution >= 4 is 17.7 Å². The van der Waals surface area contributed by atoms with Crippen LogP contribution in [0.15, 0.2) is 36.4 Å². The molecule has 0 fully saturated rings. The predicted molar refractivity (Wildman–Crippen MR) is 84.1 cm³/mol. The molecule has 8 heteroatoms. The van der Waals surface area contributed by atoms with E-state index in [1.807, 2.05) is 0 Å². The van der Waals surface area contributed by atoms with Crippen LogP contribution in [0.5, 0.6) is 0 Å². The molecule has 24 heavy (non-hydrogen) atoms. The first-order valence-electron chi connectivity index (χ1n) is 7.27. The summed E-state index contributed by atoms with van der Waals surface area (Å²) < 4.78 is 5.18. The molecule has 0 aliphatic carbocycles. The van der Waals surface area contributed by atoms with E-state index in [-0.39, 0.29) is 5.69 Å². The molecule has 1 N–H and O–H groups in total. The average Bonchev–Trinajstić information content (AvgIpc) is 2.86. The number of hydrogen-bond donors (Lipinski definition) is 1. The van der Waals surface area contributed by atoms with Crippen LogP contribution in [0.4, 0.5) is 10.5 Å². The number of benzene rings is 1. The quantitative estimate of drug-likeness (QED) is 0.671. The van der Waals surface area contributed by atoms with E-state index in [2.05, 4.69) is 0 Å². The highest BCUT2D eigenvalue weighted by Crippen LogP contribution is 2.28. The van der Waals surface area contributed by atoms with Crippen molar-refractivity contribution in [3.8, 4) is 0 Å². The van der Waals surface area contributed by atoms with Crippen molar-refractivity contribution in [2.45, 2.75) is 38.5 Å². The van der Waals surface area contributed by atoms with E-state index in [0.29, 0.717) is 5.56 Å². The van der Waals surface area contributed by atoms with Crippen LogP contribution < -0.4 is 0 Å². The molecule has 0 saturated heterocycles. The first kappa shape index (κ1) is 17.6. The Morgan fingerprint density at radius 1 is 1.33 bits per heavy atom. The van der Waals surface area contributed by atoms with Gasteiger partial charge in [0.1, 0.15) is 11.7 Å². The molecule has 8 nitrogen and oxygen atoms in total. The fourth-order valence-electron chi connectivity index (χ4n) is 2.25. The molecule has 0 radical (unpaired) electrons. The zero-order valence-electron chi connectivity index (χ0n) is 13.5. The van der Waals surface area contributed by atoms with Gasteiger partial charge in [0.25, 0.3) is 11.6 Å². The molecule has 1 aliphatic rings. The van der Waals surface area contributed by atoms with Gasteiger partial charge in [-0.25, -0.2) is 9.69 Å². The summed E-state index contributed by atoms with van der Waals surface area (Å²) in [5.74, 6) is -0.588. The van der Waals surface area contributed by atoms with Crippen molar-refractivity contribution in [2.75, 3.05) is 0 Å².